The second-order valence-electron chi connectivity index (χ2n) is 5.49. The van der Waals surface area contributed by atoms with Gasteiger partial charge in [-0.1, -0.05) is 50.3 Å². The molecule has 2 nitrogen and oxygen atoms in total. The highest BCUT2D eigenvalue weighted by Crippen LogP contribution is 2.29. The van der Waals surface area contributed by atoms with Crippen molar-refractivity contribution in [1.82, 2.24) is 0 Å². The molecule has 0 aliphatic rings. The Balaban J connectivity index is 2.29. The summed E-state index contributed by atoms with van der Waals surface area (Å²) in [5.74, 6) is 0.533. The van der Waals surface area contributed by atoms with E-state index in [-0.39, 0.29) is 11.7 Å². The molecule has 2 heteroatoms. The van der Waals surface area contributed by atoms with Gasteiger partial charge >= 0.3 is 0 Å². The number of benzene rings is 2. The summed E-state index contributed by atoms with van der Waals surface area (Å²) in [5.41, 5.74) is 3.48. The monoisotopic (exact) mass is 280 g/mol. The minimum Gasteiger partial charge on any atom is -0.508 e. The van der Waals surface area contributed by atoms with Crippen molar-refractivity contribution < 1.29 is 9.90 Å². The molecule has 2 aromatic rings. The number of phenolic OH excluding ortho intramolecular Hbond substituents is 1. The van der Waals surface area contributed by atoms with Gasteiger partial charge in [-0.25, -0.2) is 0 Å². The predicted octanol–water partition coefficient (Wildman–Crippen LogP) is 4.72. The van der Waals surface area contributed by atoms with E-state index in [1.165, 1.54) is 0 Å². The second-order valence-corrected chi connectivity index (χ2v) is 5.49. The third-order valence-corrected chi connectivity index (χ3v) is 3.51. The summed E-state index contributed by atoms with van der Waals surface area (Å²) in [4.78, 5) is 12.1. The van der Waals surface area contributed by atoms with E-state index in [0.29, 0.717) is 11.3 Å². The molecule has 0 spiro atoms. The van der Waals surface area contributed by atoms with Crippen LogP contribution in [-0.2, 0) is 0 Å². The fourth-order valence-corrected chi connectivity index (χ4v) is 2.23. The Bertz CT molecular complexity index is 667. The molecule has 0 heterocycles. The maximum atomic E-state index is 12.1. The number of allylic oxidation sites excluding steroid dienone is 1. The van der Waals surface area contributed by atoms with Crippen molar-refractivity contribution in [2.75, 3.05) is 0 Å². The van der Waals surface area contributed by atoms with Gasteiger partial charge in [0.25, 0.3) is 0 Å². The topological polar surface area (TPSA) is 37.3 Å². The molecule has 0 aromatic heterocycles. The van der Waals surface area contributed by atoms with E-state index in [9.17, 15) is 9.90 Å². The minimum atomic E-state index is -0.0193. The summed E-state index contributed by atoms with van der Waals surface area (Å²) in [7, 11) is 0. The molecule has 0 saturated heterocycles. The first-order valence-electron chi connectivity index (χ1n) is 7.10. The average molecular weight is 280 g/mol. The number of hydrogen-bond donors (Lipinski definition) is 1. The summed E-state index contributed by atoms with van der Waals surface area (Å²) < 4.78 is 0. The summed E-state index contributed by atoms with van der Waals surface area (Å²) in [6, 6.07) is 12.9. The van der Waals surface area contributed by atoms with Crippen LogP contribution in [0.25, 0.3) is 6.08 Å². The number of rotatable bonds is 4. The fraction of sp³-hybridized carbons (Fsp3) is 0.211. The van der Waals surface area contributed by atoms with Gasteiger partial charge in [-0.3, -0.25) is 4.79 Å². The number of carbonyl (C=O) groups excluding carboxylic acids is 1. The highest BCUT2D eigenvalue weighted by atomic mass is 16.3. The lowest BCUT2D eigenvalue weighted by molar-refractivity contribution is 0.104. The molecule has 108 valence electrons. The lowest BCUT2D eigenvalue weighted by atomic mass is 9.96. The quantitative estimate of drug-likeness (QED) is 0.650. The molecule has 0 saturated carbocycles. The zero-order valence-corrected chi connectivity index (χ0v) is 12.6. The molecule has 0 radical (unpaired) electrons. The number of carbonyl (C=O) groups is 1. The molecule has 0 atom stereocenters. The Hall–Kier alpha value is -2.35. The third-order valence-electron chi connectivity index (χ3n) is 3.51. The number of aromatic hydroxyl groups is 1. The van der Waals surface area contributed by atoms with Crippen LogP contribution in [0.15, 0.2) is 48.5 Å². The Labute approximate surface area is 125 Å². The van der Waals surface area contributed by atoms with Gasteiger partial charge in [-0.2, -0.15) is 0 Å². The highest BCUT2D eigenvalue weighted by molar-refractivity contribution is 6.06. The first-order valence-corrected chi connectivity index (χ1v) is 7.10. The predicted molar refractivity (Wildman–Crippen MR) is 86.7 cm³/mol. The largest absolute Gasteiger partial charge is 0.508 e. The van der Waals surface area contributed by atoms with Gasteiger partial charge < -0.3 is 5.11 Å². The number of aryl methyl sites for hydroxylation is 1. The Morgan fingerprint density at radius 2 is 1.81 bits per heavy atom. The minimum absolute atomic E-state index is 0.0193. The van der Waals surface area contributed by atoms with Crippen molar-refractivity contribution in [3.8, 4) is 5.75 Å². The van der Waals surface area contributed by atoms with Gasteiger partial charge in [0.05, 0.1) is 0 Å². The van der Waals surface area contributed by atoms with Crippen LogP contribution in [0.1, 0.15) is 46.8 Å². The zero-order chi connectivity index (χ0) is 15.4. The molecule has 2 aromatic carbocycles. The smallest absolute Gasteiger partial charge is 0.185 e. The molecular formula is C19H20O2. The van der Waals surface area contributed by atoms with Crippen LogP contribution in [0, 0.1) is 6.92 Å². The molecule has 0 aliphatic carbocycles. The van der Waals surface area contributed by atoms with Crippen LogP contribution in [0.4, 0.5) is 0 Å². The van der Waals surface area contributed by atoms with E-state index in [0.717, 1.165) is 16.7 Å². The van der Waals surface area contributed by atoms with E-state index >= 15 is 0 Å². The van der Waals surface area contributed by atoms with Crippen LogP contribution < -0.4 is 0 Å². The summed E-state index contributed by atoms with van der Waals surface area (Å²) in [5, 5.41) is 9.95. The lowest BCUT2D eigenvalue weighted by Crippen LogP contribution is -1.95. The van der Waals surface area contributed by atoms with Gasteiger partial charge in [0.15, 0.2) is 5.78 Å². The molecular weight excluding hydrogens is 260 g/mol. The van der Waals surface area contributed by atoms with E-state index < -0.39 is 0 Å². The van der Waals surface area contributed by atoms with Crippen molar-refractivity contribution in [1.29, 1.82) is 0 Å². The number of phenols is 1. The Kier molecular flexibility index (Phi) is 4.59. The van der Waals surface area contributed by atoms with Crippen LogP contribution in [0.3, 0.4) is 0 Å². The van der Waals surface area contributed by atoms with E-state index in [2.05, 4.69) is 0 Å². The fourth-order valence-electron chi connectivity index (χ4n) is 2.23. The molecule has 1 N–H and O–H groups in total. The van der Waals surface area contributed by atoms with Crippen molar-refractivity contribution in [3.63, 3.8) is 0 Å². The van der Waals surface area contributed by atoms with Gasteiger partial charge in [0.2, 0.25) is 0 Å². The van der Waals surface area contributed by atoms with E-state index in [1.54, 1.807) is 24.3 Å². The summed E-state index contributed by atoms with van der Waals surface area (Å²) in [6.45, 7) is 6.00. The SMILES string of the molecule is Cc1cc(O)c(C(C)C)cc1C=CC(=O)c1ccccc1. The summed E-state index contributed by atoms with van der Waals surface area (Å²) in [6.07, 6.45) is 3.40. The molecule has 2 rings (SSSR count). The van der Waals surface area contributed by atoms with Crippen LogP contribution in [-0.4, -0.2) is 10.9 Å². The number of hydrogen-bond acceptors (Lipinski definition) is 2. The standard InChI is InChI=1S/C19H20O2/c1-13(2)17-12-16(14(3)11-19(17)21)9-10-18(20)15-7-5-4-6-8-15/h4-13,21H,1-3H3. The van der Waals surface area contributed by atoms with Crippen molar-refractivity contribution in [3.05, 3.63) is 70.8 Å². The molecule has 0 amide bonds. The molecule has 0 bridgehead atoms. The number of ketones is 1. The van der Waals surface area contributed by atoms with Crippen molar-refractivity contribution in [2.24, 2.45) is 0 Å². The highest BCUT2D eigenvalue weighted by Gasteiger charge is 2.09. The second kappa shape index (κ2) is 6.40. The van der Waals surface area contributed by atoms with Crippen molar-refractivity contribution >= 4 is 11.9 Å². The van der Waals surface area contributed by atoms with Gasteiger partial charge in [0, 0.05) is 5.56 Å². The Morgan fingerprint density at radius 3 is 2.43 bits per heavy atom. The normalized spacial score (nSPS) is 11.2. The molecule has 0 aliphatic heterocycles. The average Bonchev–Trinajstić information content (AvgIpc) is 2.46. The first kappa shape index (κ1) is 15.0. The first-order chi connectivity index (χ1) is 9.99. The molecule has 0 unspecified atom stereocenters. The zero-order valence-electron chi connectivity index (χ0n) is 12.6. The molecule has 21 heavy (non-hydrogen) atoms. The summed E-state index contributed by atoms with van der Waals surface area (Å²) >= 11 is 0. The third kappa shape index (κ3) is 3.60. The van der Waals surface area contributed by atoms with Crippen LogP contribution in [0.5, 0.6) is 5.75 Å². The van der Waals surface area contributed by atoms with Gasteiger partial charge in [0.1, 0.15) is 5.75 Å². The van der Waals surface area contributed by atoms with Crippen LogP contribution in [0.2, 0.25) is 0 Å². The Morgan fingerprint density at radius 1 is 1.14 bits per heavy atom. The molecule has 0 fully saturated rings. The lowest BCUT2D eigenvalue weighted by Gasteiger charge is -2.11. The maximum absolute atomic E-state index is 12.1. The van der Waals surface area contributed by atoms with Gasteiger partial charge in [-0.15, -0.1) is 0 Å². The maximum Gasteiger partial charge on any atom is 0.185 e. The van der Waals surface area contributed by atoms with Gasteiger partial charge in [-0.05, 0) is 47.7 Å². The van der Waals surface area contributed by atoms with Crippen molar-refractivity contribution in [2.45, 2.75) is 26.7 Å². The van der Waals surface area contributed by atoms with E-state index in [1.807, 2.05) is 51.1 Å². The van der Waals surface area contributed by atoms with E-state index in [4.69, 9.17) is 0 Å². The van der Waals surface area contributed by atoms with Crippen LogP contribution >= 0.6 is 0 Å².